The summed E-state index contributed by atoms with van der Waals surface area (Å²) in [4.78, 5) is 11.9. The van der Waals surface area contributed by atoms with Crippen LogP contribution in [0.5, 0.6) is 5.75 Å². The smallest absolute Gasteiger partial charge is 0.416 e. The van der Waals surface area contributed by atoms with Gasteiger partial charge in [0.15, 0.2) is 6.61 Å². The Labute approximate surface area is 127 Å². The highest BCUT2D eigenvalue weighted by molar-refractivity contribution is 9.10. The molecule has 21 heavy (non-hydrogen) atoms. The molecule has 110 valence electrons. The van der Waals surface area contributed by atoms with Gasteiger partial charge in [0.1, 0.15) is 5.75 Å². The highest BCUT2D eigenvalue weighted by Crippen LogP contribution is 2.30. The Morgan fingerprint density at radius 1 is 1.05 bits per heavy atom. The second kappa shape index (κ2) is 6.30. The van der Waals surface area contributed by atoms with Crippen molar-refractivity contribution in [1.82, 2.24) is 0 Å². The fourth-order valence-electron chi connectivity index (χ4n) is 1.65. The average Bonchev–Trinajstić information content (AvgIpc) is 2.45. The molecule has 6 heteroatoms. The van der Waals surface area contributed by atoms with Crippen molar-refractivity contribution < 1.29 is 22.7 Å². The van der Waals surface area contributed by atoms with Crippen molar-refractivity contribution >= 4 is 21.7 Å². The third-order valence-corrected chi connectivity index (χ3v) is 3.42. The standard InChI is InChI=1S/C15H10BrF3O2/c16-13-4-2-1-3-12(13)14(20)9-21-11-7-5-10(6-8-11)15(17,18)19/h1-8H,9H2. The SMILES string of the molecule is O=C(COc1ccc(C(F)(F)F)cc1)c1ccccc1Br. The van der Waals surface area contributed by atoms with Gasteiger partial charge in [0.25, 0.3) is 0 Å². The minimum atomic E-state index is -4.39. The quantitative estimate of drug-likeness (QED) is 0.738. The van der Waals surface area contributed by atoms with Crippen LogP contribution in [0.1, 0.15) is 15.9 Å². The lowest BCUT2D eigenvalue weighted by Gasteiger charge is -2.09. The summed E-state index contributed by atoms with van der Waals surface area (Å²) in [6, 6.07) is 11.1. The Balaban J connectivity index is 2.00. The van der Waals surface area contributed by atoms with Crippen molar-refractivity contribution in [3.8, 4) is 5.75 Å². The molecule has 0 spiro atoms. The molecule has 0 heterocycles. The van der Waals surface area contributed by atoms with E-state index in [2.05, 4.69) is 15.9 Å². The summed E-state index contributed by atoms with van der Waals surface area (Å²) < 4.78 is 43.0. The summed E-state index contributed by atoms with van der Waals surface area (Å²) in [5.41, 5.74) is -0.295. The van der Waals surface area contributed by atoms with E-state index in [1.165, 1.54) is 12.1 Å². The molecule has 0 bridgehead atoms. The van der Waals surface area contributed by atoms with Crippen molar-refractivity contribution in [2.75, 3.05) is 6.61 Å². The molecule has 2 rings (SSSR count). The van der Waals surface area contributed by atoms with Crippen LogP contribution in [0, 0.1) is 0 Å². The van der Waals surface area contributed by atoms with Crippen LogP contribution in [-0.4, -0.2) is 12.4 Å². The van der Waals surface area contributed by atoms with Crippen LogP contribution < -0.4 is 4.74 Å². The van der Waals surface area contributed by atoms with Crippen molar-refractivity contribution in [2.24, 2.45) is 0 Å². The number of ketones is 1. The van der Waals surface area contributed by atoms with Crippen LogP contribution in [0.25, 0.3) is 0 Å². The van der Waals surface area contributed by atoms with Gasteiger partial charge in [-0.25, -0.2) is 0 Å². The van der Waals surface area contributed by atoms with Crippen molar-refractivity contribution in [3.05, 3.63) is 64.1 Å². The lowest BCUT2D eigenvalue weighted by atomic mass is 10.1. The van der Waals surface area contributed by atoms with Crippen LogP contribution in [-0.2, 0) is 6.18 Å². The van der Waals surface area contributed by atoms with Crippen LogP contribution in [0.4, 0.5) is 13.2 Å². The molecule has 0 aliphatic heterocycles. The maximum atomic E-state index is 12.4. The molecule has 2 nitrogen and oxygen atoms in total. The summed E-state index contributed by atoms with van der Waals surface area (Å²) in [5.74, 6) is -0.0502. The number of Topliss-reactive ketones (excluding diaryl/α,β-unsaturated/α-hetero) is 1. The zero-order valence-electron chi connectivity index (χ0n) is 10.7. The second-order valence-electron chi connectivity index (χ2n) is 4.21. The van der Waals surface area contributed by atoms with E-state index in [4.69, 9.17) is 4.74 Å². The molecule has 0 atom stereocenters. The molecule has 0 aliphatic carbocycles. The van der Waals surface area contributed by atoms with Gasteiger partial charge in [-0.2, -0.15) is 13.2 Å². The predicted molar refractivity (Wildman–Crippen MR) is 75.4 cm³/mol. The van der Waals surface area contributed by atoms with E-state index in [0.717, 1.165) is 12.1 Å². The number of halogens is 4. The number of benzene rings is 2. The van der Waals surface area contributed by atoms with Crippen LogP contribution >= 0.6 is 15.9 Å². The molecular weight excluding hydrogens is 349 g/mol. The van der Waals surface area contributed by atoms with E-state index in [1.807, 2.05) is 0 Å². The summed E-state index contributed by atoms with van der Waals surface area (Å²) in [6.45, 7) is -0.242. The number of ether oxygens (including phenoxy) is 1. The average molecular weight is 359 g/mol. The van der Waals surface area contributed by atoms with E-state index < -0.39 is 11.7 Å². The van der Waals surface area contributed by atoms with E-state index in [-0.39, 0.29) is 18.1 Å². The zero-order valence-corrected chi connectivity index (χ0v) is 12.2. The highest BCUT2D eigenvalue weighted by Gasteiger charge is 2.30. The molecule has 0 aromatic heterocycles. The number of alkyl halides is 3. The third-order valence-electron chi connectivity index (χ3n) is 2.73. The van der Waals surface area contributed by atoms with Crippen molar-refractivity contribution in [2.45, 2.75) is 6.18 Å². The Morgan fingerprint density at radius 3 is 2.24 bits per heavy atom. The lowest BCUT2D eigenvalue weighted by Crippen LogP contribution is -2.12. The minimum absolute atomic E-state index is 0.211. The van der Waals surface area contributed by atoms with Crippen LogP contribution in [0.2, 0.25) is 0 Å². The Bertz CT molecular complexity index is 636. The molecule has 0 radical (unpaired) electrons. The first kappa shape index (κ1) is 15.6. The van der Waals surface area contributed by atoms with E-state index in [9.17, 15) is 18.0 Å². The van der Waals surface area contributed by atoms with Gasteiger partial charge >= 0.3 is 6.18 Å². The fourth-order valence-corrected chi connectivity index (χ4v) is 2.16. The van der Waals surface area contributed by atoms with Crippen LogP contribution in [0.15, 0.2) is 53.0 Å². The first-order chi connectivity index (χ1) is 9.88. The summed E-state index contributed by atoms with van der Waals surface area (Å²) >= 11 is 3.25. The lowest BCUT2D eigenvalue weighted by molar-refractivity contribution is -0.137. The van der Waals surface area contributed by atoms with Gasteiger partial charge in [-0.3, -0.25) is 4.79 Å². The molecule has 0 saturated heterocycles. The topological polar surface area (TPSA) is 26.3 Å². The first-order valence-corrected chi connectivity index (χ1v) is 6.75. The number of carbonyl (C=O) groups excluding carboxylic acids is 1. The van der Waals surface area contributed by atoms with Gasteiger partial charge in [0.2, 0.25) is 5.78 Å². The molecule has 0 N–H and O–H groups in total. The Kier molecular flexibility index (Phi) is 4.67. The normalized spacial score (nSPS) is 11.2. The molecule has 0 fully saturated rings. The summed E-state index contributed by atoms with van der Waals surface area (Å²) in [7, 11) is 0. The van der Waals surface area contributed by atoms with Crippen molar-refractivity contribution in [1.29, 1.82) is 0 Å². The molecule has 2 aromatic rings. The molecule has 0 saturated carbocycles. The zero-order chi connectivity index (χ0) is 15.5. The molecular formula is C15H10BrF3O2. The number of rotatable bonds is 4. The van der Waals surface area contributed by atoms with E-state index >= 15 is 0 Å². The van der Waals surface area contributed by atoms with Gasteiger partial charge in [0, 0.05) is 10.0 Å². The van der Waals surface area contributed by atoms with Crippen molar-refractivity contribution in [3.63, 3.8) is 0 Å². The van der Waals surface area contributed by atoms with Gasteiger partial charge in [-0.15, -0.1) is 0 Å². The number of hydrogen-bond donors (Lipinski definition) is 0. The van der Waals surface area contributed by atoms with E-state index in [0.29, 0.717) is 10.0 Å². The predicted octanol–water partition coefficient (Wildman–Crippen LogP) is 4.73. The van der Waals surface area contributed by atoms with Gasteiger partial charge in [-0.05, 0) is 30.3 Å². The fraction of sp³-hybridized carbons (Fsp3) is 0.133. The number of hydrogen-bond acceptors (Lipinski definition) is 2. The highest BCUT2D eigenvalue weighted by atomic mass is 79.9. The maximum absolute atomic E-state index is 12.4. The van der Waals surface area contributed by atoms with Gasteiger partial charge in [0.05, 0.1) is 5.56 Å². The first-order valence-electron chi connectivity index (χ1n) is 5.96. The monoisotopic (exact) mass is 358 g/mol. The second-order valence-corrected chi connectivity index (χ2v) is 5.07. The summed E-state index contributed by atoms with van der Waals surface area (Å²) in [6.07, 6.45) is -4.39. The molecule has 0 unspecified atom stereocenters. The van der Waals surface area contributed by atoms with Gasteiger partial charge < -0.3 is 4.74 Å². The molecule has 0 amide bonds. The van der Waals surface area contributed by atoms with Crippen LogP contribution in [0.3, 0.4) is 0 Å². The molecule has 0 aliphatic rings. The van der Waals surface area contributed by atoms with E-state index in [1.54, 1.807) is 24.3 Å². The Hall–Kier alpha value is -1.82. The van der Waals surface area contributed by atoms with Gasteiger partial charge in [-0.1, -0.05) is 34.1 Å². The third kappa shape index (κ3) is 4.07. The maximum Gasteiger partial charge on any atom is 0.416 e. The summed E-state index contributed by atoms with van der Waals surface area (Å²) in [5, 5.41) is 0. The largest absolute Gasteiger partial charge is 0.485 e. The Morgan fingerprint density at radius 2 is 1.67 bits per heavy atom. The molecule has 2 aromatic carbocycles. The number of carbonyl (C=O) groups is 1. The minimum Gasteiger partial charge on any atom is -0.485 e.